The molecular formula is C22H32ClN3O2. The summed E-state index contributed by atoms with van der Waals surface area (Å²) in [6.45, 7) is 9.34. The van der Waals surface area contributed by atoms with Crippen molar-refractivity contribution in [1.29, 1.82) is 0 Å². The third-order valence-corrected chi connectivity index (χ3v) is 6.22. The van der Waals surface area contributed by atoms with Gasteiger partial charge in [0.1, 0.15) is 11.6 Å². The summed E-state index contributed by atoms with van der Waals surface area (Å²) < 4.78 is 0. The number of benzene rings is 1. The summed E-state index contributed by atoms with van der Waals surface area (Å²) in [7, 11) is 0. The Bertz CT molecular complexity index is 696. The van der Waals surface area contributed by atoms with Crippen LogP contribution in [0.25, 0.3) is 0 Å². The molecule has 3 rings (SSSR count). The van der Waals surface area contributed by atoms with Crippen LogP contribution >= 0.6 is 11.6 Å². The first-order valence-corrected chi connectivity index (χ1v) is 10.8. The predicted molar refractivity (Wildman–Crippen MR) is 112 cm³/mol. The third-order valence-electron chi connectivity index (χ3n) is 5.97. The number of hydrogen-bond donors (Lipinski definition) is 1. The van der Waals surface area contributed by atoms with Crippen LogP contribution in [0.3, 0.4) is 0 Å². The number of piperazine rings is 1. The zero-order valence-electron chi connectivity index (χ0n) is 17.2. The fraction of sp³-hybridized carbons (Fsp3) is 0.636. The fourth-order valence-electron chi connectivity index (χ4n) is 4.48. The van der Waals surface area contributed by atoms with Gasteiger partial charge in [0, 0.05) is 31.2 Å². The monoisotopic (exact) mass is 405 g/mol. The van der Waals surface area contributed by atoms with Gasteiger partial charge in [0.15, 0.2) is 0 Å². The molecule has 2 saturated heterocycles. The van der Waals surface area contributed by atoms with Crippen LogP contribution in [0.4, 0.5) is 0 Å². The maximum Gasteiger partial charge on any atom is 0.246 e. The van der Waals surface area contributed by atoms with Crippen molar-refractivity contribution >= 4 is 23.4 Å². The lowest BCUT2D eigenvalue weighted by atomic mass is 9.80. The van der Waals surface area contributed by atoms with Crippen LogP contribution in [0.2, 0.25) is 5.02 Å². The number of rotatable bonds is 6. The van der Waals surface area contributed by atoms with E-state index in [-0.39, 0.29) is 17.9 Å². The van der Waals surface area contributed by atoms with Crippen molar-refractivity contribution in [3.05, 3.63) is 34.9 Å². The van der Waals surface area contributed by atoms with E-state index in [4.69, 9.17) is 11.6 Å². The smallest absolute Gasteiger partial charge is 0.246 e. The fourth-order valence-corrected chi connectivity index (χ4v) is 4.61. The molecular weight excluding hydrogens is 374 g/mol. The molecule has 1 N–H and O–H groups in total. The lowest BCUT2D eigenvalue weighted by Gasteiger charge is -2.52. The second-order valence-corrected chi connectivity index (χ2v) is 9.02. The van der Waals surface area contributed by atoms with Gasteiger partial charge in [0.25, 0.3) is 0 Å². The van der Waals surface area contributed by atoms with E-state index >= 15 is 0 Å². The van der Waals surface area contributed by atoms with Crippen LogP contribution in [-0.4, -0.2) is 52.8 Å². The molecule has 0 saturated carbocycles. The molecule has 0 aliphatic carbocycles. The second kappa shape index (κ2) is 8.83. The zero-order valence-corrected chi connectivity index (χ0v) is 18.0. The predicted octanol–water partition coefficient (Wildman–Crippen LogP) is 3.46. The lowest BCUT2D eigenvalue weighted by molar-refractivity contribution is -0.161. The van der Waals surface area contributed by atoms with Crippen LogP contribution in [0.1, 0.15) is 52.0 Å². The van der Waals surface area contributed by atoms with Crippen molar-refractivity contribution < 1.29 is 9.59 Å². The summed E-state index contributed by atoms with van der Waals surface area (Å²) in [5, 5.41) is 3.79. The van der Waals surface area contributed by atoms with Gasteiger partial charge in [0.05, 0.1) is 0 Å². The Labute approximate surface area is 173 Å². The normalized spacial score (nSPS) is 22.8. The highest BCUT2D eigenvalue weighted by atomic mass is 35.5. The van der Waals surface area contributed by atoms with Crippen molar-refractivity contribution in [2.45, 2.75) is 64.6 Å². The van der Waals surface area contributed by atoms with Crippen LogP contribution in [-0.2, 0) is 16.1 Å². The van der Waals surface area contributed by atoms with E-state index in [1.807, 2.05) is 29.2 Å². The minimum absolute atomic E-state index is 0.0392. The Morgan fingerprint density at radius 2 is 1.82 bits per heavy atom. The molecule has 1 spiro atoms. The van der Waals surface area contributed by atoms with Crippen molar-refractivity contribution in [3.8, 4) is 0 Å². The highest BCUT2D eigenvalue weighted by Gasteiger charge is 2.53. The molecule has 6 heteroatoms. The average Bonchev–Trinajstić information content (AvgIpc) is 2.66. The third kappa shape index (κ3) is 4.36. The number of carbonyl (C=O) groups is 2. The summed E-state index contributed by atoms with van der Waals surface area (Å²) in [6, 6.07) is 7.53. The number of halogens is 1. The van der Waals surface area contributed by atoms with Gasteiger partial charge in [-0.15, -0.1) is 0 Å². The maximum absolute atomic E-state index is 13.2. The van der Waals surface area contributed by atoms with E-state index in [0.29, 0.717) is 31.7 Å². The van der Waals surface area contributed by atoms with Crippen LogP contribution < -0.4 is 5.32 Å². The van der Waals surface area contributed by atoms with E-state index in [0.717, 1.165) is 31.1 Å². The molecule has 1 unspecified atom stereocenters. The summed E-state index contributed by atoms with van der Waals surface area (Å²) in [5.74, 6) is 0.506. The van der Waals surface area contributed by atoms with Crippen LogP contribution in [0.15, 0.2) is 24.3 Å². The average molecular weight is 406 g/mol. The van der Waals surface area contributed by atoms with Gasteiger partial charge in [-0.25, -0.2) is 0 Å². The lowest BCUT2D eigenvalue weighted by Crippen LogP contribution is -2.73. The molecule has 2 aliphatic rings. The summed E-state index contributed by atoms with van der Waals surface area (Å²) in [6.07, 6.45) is 2.94. The summed E-state index contributed by atoms with van der Waals surface area (Å²) in [4.78, 5) is 30.6. The number of carbonyl (C=O) groups excluding carboxylic acids is 2. The molecule has 2 heterocycles. The molecule has 0 aromatic heterocycles. The van der Waals surface area contributed by atoms with E-state index in [1.54, 1.807) is 0 Å². The summed E-state index contributed by atoms with van der Waals surface area (Å²) >= 11 is 5.97. The Balaban J connectivity index is 1.71. The van der Waals surface area contributed by atoms with Gasteiger partial charge >= 0.3 is 0 Å². The highest BCUT2D eigenvalue weighted by molar-refractivity contribution is 6.30. The Hall–Kier alpha value is -1.59. The quantitative estimate of drug-likeness (QED) is 0.788. The molecule has 28 heavy (non-hydrogen) atoms. The van der Waals surface area contributed by atoms with Crippen molar-refractivity contribution in [1.82, 2.24) is 15.1 Å². The van der Waals surface area contributed by atoms with Crippen molar-refractivity contribution in [2.24, 2.45) is 5.92 Å². The number of piperidine rings is 1. The molecule has 0 radical (unpaired) electrons. The Kier molecular flexibility index (Phi) is 6.66. The number of hydrogen-bond acceptors (Lipinski definition) is 3. The maximum atomic E-state index is 13.2. The van der Waals surface area contributed by atoms with E-state index in [9.17, 15) is 9.59 Å². The van der Waals surface area contributed by atoms with E-state index in [2.05, 4.69) is 31.0 Å². The first-order chi connectivity index (χ1) is 13.4. The molecule has 1 aromatic rings. The van der Waals surface area contributed by atoms with Gasteiger partial charge in [-0.1, -0.05) is 44.5 Å². The topological polar surface area (TPSA) is 52.7 Å². The SMILES string of the molecule is CCCN1C(=O)C(CC(C)C)NC(=O)C12CCN(Cc1ccc(Cl)cc1)CC2. The standard InChI is InChI=1S/C22H32ClN3O2/c1-4-11-26-20(27)19(14-16(2)3)24-21(28)22(26)9-12-25(13-10-22)15-17-5-7-18(23)8-6-17/h5-8,16,19H,4,9-15H2,1-3H3,(H,24,28). The molecule has 2 fully saturated rings. The van der Waals surface area contributed by atoms with Crippen LogP contribution in [0, 0.1) is 5.92 Å². The number of nitrogens with zero attached hydrogens (tertiary/aromatic N) is 2. The minimum Gasteiger partial charge on any atom is -0.342 e. The minimum atomic E-state index is -0.683. The molecule has 154 valence electrons. The van der Waals surface area contributed by atoms with Gasteiger partial charge in [-0.3, -0.25) is 14.5 Å². The van der Waals surface area contributed by atoms with E-state index < -0.39 is 5.54 Å². The zero-order chi connectivity index (χ0) is 20.3. The van der Waals surface area contributed by atoms with Crippen molar-refractivity contribution in [3.63, 3.8) is 0 Å². The van der Waals surface area contributed by atoms with Gasteiger partial charge < -0.3 is 10.2 Å². The molecule has 0 bridgehead atoms. The molecule has 2 aliphatic heterocycles. The molecule has 1 aromatic carbocycles. The second-order valence-electron chi connectivity index (χ2n) is 8.58. The van der Waals surface area contributed by atoms with Gasteiger partial charge in [-0.2, -0.15) is 0 Å². The van der Waals surface area contributed by atoms with Crippen LogP contribution in [0.5, 0.6) is 0 Å². The molecule has 2 amide bonds. The number of likely N-dealkylation sites (tertiary alicyclic amines) is 1. The highest BCUT2D eigenvalue weighted by Crippen LogP contribution is 2.34. The summed E-state index contributed by atoms with van der Waals surface area (Å²) in [5.41, 5.74) is 0.531. The largest absolute Gasteiger partial charge is 0.342 e. The van der Waals surface area contributed by atoms with Gasteiger partial charge in [0.2, 0.25) is 11.8 Å². The van der Waals surface area contributed by atoms with E-state index in [1.165, 1.54) is 5.56 Å². The van der Waals surface area contributed by atoms with Gasteiger partial charge in [-0.05, 0) is 49.3 Å². The number of amides is 2. The first kappa shape index (κ1) is 21.1. The number of nitrogens with one attached hydrogen (secondary N) is 1. The first-order valence-electron chi connectivity index (χ1n) is 10.4. The molecule has 5 nitrogen and oxygen atoms in total. The molecule has 1 atom stereocenters. The van der Waals surface area contributed by atoms with Crippen molar-refractivity contribution in [2.75, 3.05) is 19.6 Å². The Morgan fingerprint density at radius 3 is 2.39 bits per heavy atom. The Morgan fingerprint density at radius 1 is 1.18 bits per heavy atom.